The number of benzene rings is 2. The molecular formula is C18H19NO4. The van der Waals surface area contributed by atoms with Crippen LogP contribution in [0, 0.1) is 0 Å². The molecule has 0 spiro atoms. The van der Waals surface area contributed by atoms with Crippen molar-refractivity contribution in [1.29, 1.82) is 0 Å². The molecule has 0 radical (unpaired) electrons. The molecule has 0 saturated carbocycles. The van der Waals surface area contributed by atoms with Crippen LogP contribution in [0.15, 0.2) is 47.6 Å². The number of hydrogen-bond acceptors (Lipinski definition) is 4. The summed E-state index contributed by atoms with van der Waals surface area (Å²) >= 11 is 0. The average molecular weight is 313 g/mol. The number of carboxylic acids is 1. The maximum absolute atomic E-state index is 11.3. The number of aliphatic carboxylic acids is 1. The van der Waals surface area contributed by atoms with E-state index in [1.54, 1.807) is 19.9 Å². The van der Waals surface area contributed by atoms with E-state index < -0.39 is 11.9 Å². The highest BCUT2D eigenvalue weighted by molar-refractivity contribution is 5.99. The molecule has 2 aromatic carbocycles. The Labute approximate surface area is 134 Å². The van der Waals surface area contributed by atoms with Crippen LogP contribution in [0.2, 0.25) is 0 Å². The number of ether oxygens (including phenoxy) is 1. The van der Waals surface area contributed by atoms with Crippen molar-refractivity contribution >= 4 is 11.7 Å². The molecule has 0 bridgehead atoms. The van der Waals surface area contributed by atoms with E-state index in [1.807, 2.05) is 36.4 Å². The molecule has 1 atom stereocenters. The maximum Gasteiger partial charge on any atom is 0.310 e. The van der Waals surface area contributed by atoms with Crippen molar-refractivity contribution in [3.63, 3.8) is 0 Å². The third kappa shape index (κ3) is 3.51. The fourth-order valence-corrected chi connectivity index (χ4v) is 2.37. The Hall–Kier alpha value is -2.82. The van der Waals surface area contributed by atoms with E-state index in [2.05, 4.69) is 5.16 Å². The molecular weight excluding hydrogens is 294 g/mol. The van der Waals surface area contributed by atoms with Gasteiger partial charge in [0.25, 0.3) is 0 Å². The van der Waals surface area contributed by atoms with Crippen molar-refractivity contribution in [1.82, 2.24) is 0 Å². The van der Waals surface area contributed by atoms with E-state index in [0.29, 0.717) is 17.0 Å². The molecule has 2 aromatic rings. The van der Waals surface area contributed by atoms with Gasteiger partial charge in [-0.1, -0.05) is 29.4 Å². The standard InChI is InChI=1S/C18H19NO4/c1-11(18(20)21)16-10-15(7-8-17(16)23-3)14-6-4-5-13(9-14)12(2)19-22/h4-11,22H,1-3H3,(H,20,21). The van der Waals surface area contributed by atoms with Crippen molar-refractivity contribution in [2.24, 2.45) is 5.16 Å². The van der Waals surface area contributed by atoms with Gasteiger partial charge in [0, 0.05) is 5.56 Å². The average Bonchev–Trinajstić information content (AvgIpc) is 2.59. The van der Waals surface area contributed by atoms with Crippen molar-refractivity contribution in [3.8, 4) is 16.9 Å². The van der Waals surface area contributed by atoms with Gasteiger partial charge in [0.15, 0.2) is 0 Å². The normalized spacial score (nSPS) is 12.7. The lowest BCUT2D eigenvalue weighted by Crippen LogP contribution is -2.09. The second-order valence-corrected chi connectivity index (χ2v) is 5.28. The van der Waals surface area contributed by atoms with Crippen LogP contribution < -0.4 is 4.74 Å². The van der Waals surface area contributed by atoms with Crippen molar-refractivity contribution in [2.75, 3.05) is 7.11 Å². The minimum absolute atomic E-state index is 0.513. The lowest BCUT2D eigenvalue weighted by atomic mass is 9.94. The third-order valence-corrected chi connectivity index (χ3v) is 3.83. The summed E-state index contributed by atoms with van der Waals surface area (Å²) < 4.78 is 5.27. The number of carbonyl (C=O) groups is 1. The lowest BCUT2D eigenvalue weighted by Gasteiger charge is -2.14. The first-order valence-corrected chi connectivity index (χ1v) is 7.18. The first kappa shape index (κ1) is 16.5. The molecule has 0 amide bonds. The fourth-order valence-electron chi connectivity index (χ4n) is 2.37. The summed E-state index contributed by atoms with van der Waals surface area (Å²) in [6.45, 7) is 3.34. The number of oxime groups is 1. The predicted molar refractivity (Wildman–Crippen MR) is 88.5 cm³/mol. The van der Waals surface area contributed by atoms with Gasteiger partial charge in [0.2, 0.25) is 0 Å². The zero-order valence-corrected chi connectivity index (χ0v) is 13.3. The molecule has 1 unspecified atom stereocenters. The summed E-state index contributed by atoms with van der Waals surface area (Å²) in [5.41, 5.74) is 3.72. The smallest absolute Gasteiger partial charge is 0.310 e. The first-order valence-electron chi connectivity index (χ1n) is 7.18. The monoisotopic (exact) mass is 313 g/mol. The van der Waals surface area contributed by atoms with Gasteiger partial charge in [0.05, 0.1) is 18.7 Å². The number of methoxy groups -OCH3 is 1. The molecule has 0 heterocycles. The van der Waals surface area contributed by atoms with E-state index in [0.717, 1.165) is 16.7 Å². The van der Waals surface area contributed by atoms with E-state index in [9.17, 15) is 9.90 Å². The van der Waals surface area contributed by atoms with Crippen LogP contribution in [-0.4, -0.2) is 29.1 Å². The van der Waals surface area contributed by atoms with Gasteiger partial charge in [-0.05, 0) is 48.7 Å². The van der Waals surface area contributed by atoms with Crippen LogP contribution in [-0.2, 0) is 4.79 Å². The van der Waals surface area contributed by atoms with Crippen molar-refractivity contribution < 1.29 is 19.8 Å². The molecule has 5 nitrogen and oxygen atoms in total. The molecule has 2 N–H and O–H groups in total. The largest absolute Gasteiger partial charge is 0.496 e. The lowest BCUT2D eigenvalue weighted by molar-refractivity contribution is -0.138. The number of nitrogens with zero attached hydrogens (tertiary/aromatic N) is 1. The van der Waals surface area contributed by atoms with Gasteiger partial charge in [-0.2, -0.15) is 0 Å². The molecule has 0 aliphatic rings. The number of rotatable bonds is 5. The highest BCUT2D eigenvalue weighted by Gasteiger charge is 2.19. The van der Waals surface area contributed by atoms with Crippen LogP contribution in [0.1, 0.15) is 30.9 Å². The summed E-state index contributed by atoms with van der Waals surface area (Å²) in [7, 11) is 1.52. The summed E-state index contributed by atoms with van der Waals surface area (Å²) in [6.07, 6.45) is 0. The van der Waals surface area contributed by atoms with Crippen LogP contribution in [0.25, 0.3) is 11.1 Å². The molecule has 23 heavy (non-hydrogen) atoms. The molecule has 0 saturated heterocycles. The SMILES string of the molecule is COc1ccc(-c2cccc(C(C)=NO)c2)cc1C(C)C(=O)O. The molecule has 0 aliphatic heterocycles. The van der Waals surface area contributed by atoms with Gasteiger partial charge < -0.3 is 15.1 Å². The topological polar surface area (TPSA) is 79.1 Å². The van der Waals surface area contributed by atoms with E-state index in [-0.39, 0.29) is 0 Å². The van der Waals surface area contributed by atoms with Crippen LogP contribution in [0.3, 0.4) is 0 Å². The Kier molecular flexibility index (Phi) is 5.01. The minimum Gasteiger partial charge on any atom is -0.496 e. The van der Waals surface area contributed by atoms with Crippen LogP contribution >= 0.6 is 0 Å². The van der Waals surface area contributed by atoms with Crippen molar-refractivity contribution in [2.45, 2.75) is 19.8 Å². The van der Waals surface area contributed by atoms with Gasteiger partial charge >= 0.3 is 5.97 Å². The molecule has 0 fully saturated rings. The highest BCUT2D eigenvalue weighted by Crippen LogP contribution is 2.32. The van der Waals surface area contributed by atoms with E-state index in [4.69, 9.17) is 9.94 Å². The quantitative estimate of drug-likeness (QED) is 0.500. The van der Waals surface area contributed by atoms with Gasteiger partial charge in [0.1, 0.15) is 5.75 Å². The molecule has 2 rings (SSSR count). The second kappa shape index (κ2) is 6.96. The maximum atomic E-state index is 11.3. The summed E-state index contributed by atoms with van der Waals surface area (Å²) in [5, 5.41) is 21.4. The van der Waals surface area contributed by atoms with Crippen LogP contribution in [0.5, 0.6) is 5.75 Å². The van der Waals surface area contributed by atoms with Crippen molar-refractivity contribution in [3.05, 3.63) is 53.6 Å². The highest BCUT2D eigenvalue weighted by atomic mass is 16.5. The number of carboxylic acid groups (broad SMARTS) is 1. The third-order valence-electron chi connectivity index (χ3n) is 3.83. The van der Waals surface area contributed by atoms with Gasteiger partial charge in [-0.25, -0.2) is 0 Å². The Morgan fingerprint density at radius 1 is 1.17 bits per heavy atom. The first-order chi connectivity index (χ1) is 11.0. The summed E-state index contributed by atoms with van der Waals surface area (Å²) in [6, 6.07) is 13.0. The Balaban J connectivity index is 2.53. The van der Waals surface area contributed by atoms with Gasteiger partial charge in [-0.15, -0.1) is 0 Å². The minimum atomic E-state index is -0.905. The number of hydrogen-bond donors (Lipinski definition) is 2. The zero-order chi connectivity index (χ0) is 17.0. The van der Waals surface area contributed by atoms with E-state index >= 15 is 0 Å². The fraction of sp³-hybridized carbons (Fsp3) is 0.222. The van der Waals surface area contributed by atoms with Gasteiger partial charge in [-0.3, -0.25) is 4.79 Å². The predicted octanol–water partition coefficient (Wildman–Crippen LogP) is 3.75. The molecule has 0 aromatic heterocycles. The Morgan fingerprint density at radius 3 is 2.48 bits per heavy atom. The molecule has 5 heteroatoms. The molecule has 120 valence electrons. The Bertz CT molecular complexity index is 752. The Morgan fingerprint density at radius 2 is 1.87 bits per heavy atom. The molecule has 0 aliphatic carbocycles. The van der Waals surface area contributed by atoms with Crippen LogP contribution in [0.4, 0.5) is 0 Å². The second-order valence-electron chi connectivity index (χ2n) is 5.28. The zero-order valence-electron chi connectivity index (χ0n) is 13.3. The van der Waals surface area contributed by atoms with E-state index in [1.165, 1.54) is 7.11 Å². The summed E-state index contributed by atoms with van der Waals surface area (Å²) in [5.74, 6) is -1.03. The summed E-state index contributed by atoms with van der Waals surface area (Å²) in [4.78, 5) is 11.3.